The van der Waals surface area contributed by atoms with Gasteiger partial charge in [0.15, 0.2) is 0 Å². The van der Waals surface area contributed by atoms with Crippen LogP contribution < -0.4 is 14.9 Å². The second kappa shape index (κ2) is 7.68. The molecule has 0 saturated heterocycles. The highest BCUT2D eigenvalue weighted by Crippen LogP contribution is 2.37. The lowest BCUT2D eigenvalue weighted by Gasteiger charge is -2.19. The predicted octanol–water partition coefficient (Wildman–Crippen LogP) is 4.01. The van der Waals surface area contributed by atoms with Crippen LogP contribution in [0.5, 0.6) is 0 Å². The second-order valence-corrected chi connectivity index (χ2v) is 9.04. The van der Waals surface area contributed by atoms with Crippen LogP contribution in [0.15, 0.2) is 78.9 Å². The van der Waals surface area contributed by atoms with E-state index in [0.717, 1.165) is 23.1 Å². The third-order valence-electron chi connectivity index (χ3n) is 4.96. The summed E-state index contributed by atoms with van der Waals surface area (Å²) in [6, 6.07) is 24.2. The molecule has 3 aromatic rings. The smallest absolute Gasteiger partial charge is 0.258 e. The summed E-state index contributed by atoms with van der Waals surface area (Å²) in [6.45, 7) is 0. The molecule has 0 fully saturated rings. The van der Waals surface area contributed by atoms with Crippen molar-refractivity contribution in [1.82, 2.24) is 0 Å². The van der Waals surface area contributed by atoms with E-state index < -0.39 is 10.0 Å². The molecule has 0 radical (unpaired) electrons. The molecule has 152 valence electrons. The lowest BCUT2D eigenvalue weighted by atomic mass is 10.00. The van der Waals surface area contributed by atoms with Gasteiger partial charge in [-0.2, -0.15) is 0 Å². The van der Waals surface area contributed by atoms with Crippen LogP contribution in [0.3, 0.4) is 0 Å². The van der Waals surface area contributed by atoms with Gasteiger partial charge in [-0.1, -0.05) is 54.6 Å². The number of anilines is 3. The van der Waals surface area contributed by atoms with Crippen molar-refractivity contribution in [3.8, 4) is 0 Å². The molecule has 1 amide bonds. The molecule has 7 heteroatoms. The predicted molar refractivity (Wildman–Crippen MR) is 122 cm³/mol. The third-order valence-corrected chi connectivity index (χ3v) is 6.17. The molecule has 3 aromatic carbocycles. The van der Waals surface area contributed by atoms with Crippen LogP contribution in [-0.2, 0) is 14.8 Å². The number of para-hydroxylation sites is 1. The Morgan fingerprint density at radius 1 is 0.933 bits per heavy atom. The van der Waals surface area contributed by atoms with E-state index in [1.54, 1.807) is 18.2 Å². The van der Waals surface area contributed by atoms with Crippen molar-refractivity contribution in [1.29, 1.82) is 0 Å². The number of hydrogen-bond donors (Lipinski definition) is 2. The van der Waals surface area contributed by atoms with E-state index in [1.807, 2.05) is 60.7 Å². The molecule has 0 aromatic heterocycles. The summed E-state index contributed by atoms with van der Waals surface area (Å²) in [5, 5.41) is 6.26. The maximum atomic E-state index is 12.8. The number of nitrogens with zero attached hydrogens (tertiary/aromatic N) is 1. The fourth-order valence-corrected chi connectivity index (χ4v) is 3.86. The molecule has 1 aliphatic heterocycles. The minimum atomic E-state index is -3.39. The summed E-state index contributed by atoms with van der Waals surface area (Å²) in [7, 11) is -1.88. The van der Waals surface area contributed by atoms with Gasteiger partial charge in [-0.25, -0.2) is 8.42 Å². The molecule has 30 heavy (non-hydrogen) atoms. The Kier molecular flexibility index (Phi) is 5.05. The van der Waals surface area contributed by atoms with Crippen molar-refractivity contribution in [3.05, 3.63) is 90.0 Å². The lowest BCUT2D eigenvalue weighted by molar-refractivity contribution is -0.110. The van der Waals surface area contributed by atoms with E-state index in [0.29, 0.717) is 22.6 Å². The molecule has 0 unspecified atom stereocenters. The number of nitrogens with one attached hydrogen (secondary N) is 2. The normalized spacial score (nSPS) is 14.7. The van der Waals surface area contributed by atoms with E-state index in [9.17, 15) is 13.2 Å². The van der Waals surface area contributed by atoms with Gasteiger partial charge in [0.25, 0.3) is 5.91 Å². The number of amides is 1. The van der Waals surface area contributed by atoms with E-state index in [-0.39, 0.29) is 5.91 Å². The molecule has 1 aliphatic rings. The van der Waals surface area contributed by atoms with Crippen LogP contribution in [0.1, 0.15) is 11.1 Å². The Morgan fingerprint density at radius 3 is 2.37 bits per heavy atom. The van der Waals surface area contributed by atoms with Crippen LogP contribution in [0.4, 0.5) is 17.1 Å². The number of hydrogen-bond acceptors (Lipinski definition) is 4. The molecular formula is C23H21N3O3S. The zero-order valence-corrected chi connectivity index (χ0v) is 17.4. The zero-order chi connectivity index (χ0) is 21.3. The van der Waals surface area contributed by atoms with Crippen LogP contribution in [-0.4, -0.2) is 27.6 Å². The number of carbonyl (C=O) groups is 1. The van der Waals surface area contributed by atoms with E-state index in [1.165, 1.54) is 11.4 Å². The summed E-state index contributed by atoms with van der Waals surface area (Å²) >= 11 is 0. The van der Waals surface area contributed by atoms with Gasteiger partial charge in [-0.3, -0.25) is 9.10 Å². The maximum absolute atomic E-state index is 12.8. The second-order valence-electron chi connectivity index (χ2n) is 7.02. The molecule has 0 aliphatic carbocycles. The molecule has 0 spiro atoms. The minimum Gasteiger partial charge on any atom is -0.354 e. The SMILES string of the molecule is CN(c1cccc(NC(=C2C(=O)Nc3ccccc32)c2ccccc2)c1)S(C)(=O)=O. The monoisotopic (exact) mass is 419 g/mol. The highest BCUT2D eigenvalue weighted by molar-refractivity contribution is 7.92. The topological polar surface area (TPSA) is 78.5 Å². The summed E-state index contributed by atoms with van der Waals surface area (Å²) < 4.78 is 25.1. The van der Waals surface area contributed by atoms with Gasteiger partial charge in [-0.15, -0.1) is 0 Å². The highest BCUT2D eigenvalue weighted by atomic mass is 32.2. The molecule has 6 nitrogen and oxygen atoms in total. The van der Waals surface area contributed by atoms with Gasteiger partial charge >= 0.3 is 0 Å². The number of rotatable bonds is 5. The largest absolute Gasteiger partial charge is 0.354 e. The van der Waals surface area contributed by atoms with Gasteiger partial charge in [0, 0.05) is 24.0 Å². The third kappa shape index (κ3) is 3.79. The van der Waals surface area contributed by atoms with Crippen LogP contribution in [0, 0.1) is 0 Å². The zero-order valence-electron chi connectivity index (χ0n) is 16.6. The van der Waals surface area contributed by atoms with Crippen molar-refractivity contribution in [3.63, 3.8) is 0 Å². The number of benzene rings is 3. The van der Waals surface area contributed by atoms with Crippen LogP contribution >= 0.6 is 0 Å². The molecule has 4 rings (SSSR count). The van der Waals surface area contributed by atoms with Crippen molar-refractivity contribution in [2.45, 2.75) is 0 Å². The lowest BCUT2D eigenvalue weighted by Crippen LogP contribution is -2.24. The Morgan fingerprint density at radius 2 is 1.63 bits per heavy atom. The average Bonchev–Trinajstić information content (AvgIpc) is 3.07. The van der Waals surface area contributed by atoms with Crippen molar-refractivity contribution < 1.29 is 13.2 Å². The minimum absolute atomic E-state index is 0.188. The molecule has 1 heterocycles. The molecule has 0 saturated carbocycles. The number of sulfonamides is 1. The molecule has 2 N–H and O–H groups in total. The first-order valence-electron chi connectivity index (χ1n) is 9.36. The highest BCUT2D eigenvalue weighted by Gasteiger charge is 2.28. The van der Waals surface area contributed by atoms with Gasteiger partial charge in [0.1, 0.15) is 0 Å². The standard InChI is InChI=1S/C23H21N3O3S/c1-26(30(2,28)29)18-12-8-11-17(15-18)24-22(16-9-4-3-5-10-16)21-19-13-6-7-14-20(19)25-23(21)27/h3-15,24H,1-2H3,(H,25,27). The molecular weight excluding hydrogens is 398 g/mol. The average molecular weight is 420 g/mol. The van der Waals surface area contributed by atoms with Crippen molar-refractivity contribution in [2.24, 2.45) is 0 Å². The van der Waals surface area contributed by atoms with E-state index >= 15 is 0 Å². The summed E-state index contributed by atoms with van der Waals surface area (Å²) in [4.78, 5) is 12.8. The Labute approximate surface area is 175 Å². The van der Waals surface area contributed by atoms with E-state index in [2.05, 4.69) is 10.6 Å². The fourth-order valence-electron chi connectivity index (χ4n) is 3.36. The molecule has 0 bridgehead atoms. The summed E-state index contributed by atoms with van der Waals surface area (Å²) in [6.07, 6.45) is 1.16. The van der Waals surface area contributed by atoms with Crippen LogP contribution in [0.2, 0.25) is 0 Å². The Bertz CT molecular complexity index is 1250. The van der Waals surface area contributed by atoms with Gasteiger partial charge < -0.3 is 10.6 Å². The first-order valence-corrected chi connectivity index (χ1v) is 11.2. The quantitative estimate of drug-likeness (QED) is 0.613. The van der Waals surface area contributed by atoms with Crippen LogP contribution in [0.25, 0.3) is 11.3 Å². The maximum Gasteiger partial charge on any atom is 0.258 e. The fraction of sp³-hybridized carbons (Fsp3) is 0.0870. The summed E-state index contributed by atoms with van der Waals surface area (Å²) in [5.74, 6) is -0.188. The van der Waals surface area contributed by atoms with Gasteiger partial charge in [-0.05, 0) is 29.8 Å². The van der Waals surface area contributed by atoms with Gasteiger partial charge in [0.05, 0.1) is 23.2 Å². The number of carbonyl (C=O) groups excluding carboxylic acids is 1. The first-order chi connectivity index (χ1) is 14.3. The van der Waals surface area contributed by atoms with Gasteiger partial charge in [0.2, 0.25) is 10.0 Å². The number of fused-ring (bicyclic) bond motifs is 1. The van der Waals surface area contributed by atoms with E-state index in [4.69, 9.17) is 0 Å². The van der Waals surface area contributed by atoms with Crippen molar-refractivity contribution >= 4 is 44.3 Å². The first kappa shape index (κ1) is 19.7. The summed E-state index contributed by atoms with van der Waals surface area (Å²) in [5.41, 5.74) is 4.82. The van der Waals surface area contributed by atoms with Crippen molar-refractivity contribution in [2.75, 3.05) is 28.2 Å². The molecule has 0 atom stereocenters. The Hall–Kier alpha value is -3.58. The Balaban J connectivity index is 1.84.